The summed E-state index contributed by atoms with van der Waals surface area (Å²) >= 11 is 0. The van der Waals surface area contributed by atoms with E-state index in [2.05, 4.69) is 58.1 Å². The van der Waals surface area contributed by atoms with Gasteiger partial charge in [0.25, 0.3) is 0 Å². The molecule has 3 nitrogen and oxygen atoms in total. The summed E-state index contributed by atoms with van der Waals surface area (Å²) in [5.41, 5.74) is 6.27. The molecule has 3 aromatic carbocycles. The Bertz CT molecular complexity index is 1210. The van der Waals surface area contributed by atoms with E-state index in [9.17, 15) is 0 Å². The number of rotatable bonds is 3. The maximum atomic E-state index is 4.89. The van der Waals surface area contributed by atoms with Gasteiger partial charge in [-0.25, -0.2) is 4.98 Å². The molecule has 0 N–H and O–H groups in total. The van der Waals surface area contributed by atoms with E-state index in [-0.39, 0.29) is 0 Å². The van der Waals surface area contributed by atoms with Crippen LogP contribution in [0.3, 0.4) is 0 Å². The number of hydrogen-bond donors (Lipinski definition) is 0. The molecule has 27 heavy (non-hydrogen) atoms. The Kier molecular flexibility index (Phi) is 3.76. The fourth-order valence-corrected chi connectivity index (χ4v) is 3.40. The van der Waals surface area contributed by atoms with Crippen molar-refractivity contribution in [2.24, 2.45) is 0 Å². The van der Waals surface area contributed by atoms with Gasteiger partial charge in [0, 0.05) is 11.9 Å². The van der Waals surface area contributed by atoms with Crippen LogP contribution in [0, 0.1) is 0 Å². The fourth-order valence-electron chi connectivity index (χ4n) is 3.40. The third kappa shape index (κ3) is 2.79. The Morgan fingerprint density at radius 3 is 2.15 bits per heavy atom. The van der Waals surface area contributed by atoms with E-state index in [0.29, 0.717) is 0 Å². The van der Waals surface area contributed by atoms with Gasteiger partial charge < -0.3 is 0 Å². The molecule has 0 saturated carbocycles. The molecule has 0 atom stereocenters. The van der Waals surface area contributed by atoms with Crippen molar-refractivity contribution in [2.75, 3.05) is 0 Å². The minimum atomic E-state index is 0.847. The highest BCUT2D eigenvalue weighted by Gasteiger charge is 2.15. The largest absolute Gasteiger partial charge is 0.291 e. The molecule has 0 radical (unpaired) electrons. The number of nitrogens with zero attached hydrogens (tertiary/aromatic N) is 3. The van der Waals surface area contributed by atoms with Crippen molar-refractivity contribution in [3.63, 3.8) is 0 Å². The van der Waals surface area contributed by atoms with Gasteiger partial charge in [-0.2, -0.15) is 0 Å². The number of imidazole rings is 1. The molecule has 0 bridgehead atoms. The first-order chi connectivity index (χ1) is 13.4. The summed E-state index contributed by atoms with van der Waals surface area (Å²) in [7, 11) is 0. The molecule has 3 heteroatoms. The Labute approximate surface area is 157 Å². The summed E-state index contributed by atoms with van der Waals surface area (Å²) in [6.07, 6.45) is 1.85. The summed E-state index contributed by atoms with van der Waals surface area (Å²) in [5.74, 6) is 0.847. The van der Waals surface area contributed by atoms with Crippen LogP contribution in [-0.4, -0.2) is 14.5 Å². The minimum Gasteiger partial charge on any atom is -0.291 e. The van der Waals surface area contributed by atoms with Gasteiger partial charge in [-0.05, 0) is 47.5 Å². The third-order valence-corrected chi connectivity index (χ3v) is 4.67. The second kappa shape index (κ2) is 6.54. The summed E-state index contributed by atoms with van der Waals surface area (Å²) in [6.45, 7) is 0. The number of pyridine rings is 1. The first kappa shape index (κ1) is 15.5. The Balaban J connectivity index is 1.75. The second-order valence-corrected chi connectivity index (χ2v) is 6.39. The van der Waals surface area contributed by atoms with Crippen molar-refractivity contribution in [1.29, 1.82) is 0 Å². The van der Waals surface area contributed by atoms with Crippen molar-refractivity contribution >= 4 is 11.0 Å². The zero-order valence-electron chi connectivity index (χ0n) is 14.7. The second-order valence-electron chi connectivity index (χ2n) is 6.39. The first-order valence-electron chi connectivity index (χ1n) is 8.95. The van der Waals surface area contributed by atoms with Crippen molar-refractivity contribution in [1.82, 2.24) is 14.5 Å². The topological polar surface area (TPSA) is 30.7 Å². The van der Waals surface area contributed by atoms with Gasteiger partial charge in [-0.3, -0.25) is 9.55 Å². The molecule has 2 heterocycles. The average Bonchev–Trinajstić information content (AvgIpc) is 3.15. The molecule has 0 aliphatic carbocycles. The van der Waals surface area contributed by atoms with Crippen LogP contribution in [0.4, 0.5) is 0 Å². The van der Waals surface area contributed by atoms with Gasteiger partial charge in [0.05, 0.1) is 11.0 Å². The van der Waals surface area contributed by atoms with Crippen LogP contribution in [0.15, 0.2) is 103 Å². The van der Waals surface area contributed by atoms with Crippen LogP contribution < -0.4 is 0 Å². The normalized spacial score (nSPS) is 11.0. The van der Waals surface area contributed by atoms with Gasteiger partial charge in [-0.1, -0.05) is 60.7 Å². The molecule has 0 unspecified atom stereocenters. The van der Waals surface area contributed by atoms with E-state index < -0.39 is 0 Å². The molecule has 0 aliphatic rings. The highest BCUT2D eigenvalue weighted by Crippen LogP contribution is 2.29. The Morgan fingerprint density at radius 2 is 1.33 bits per heavy atom. The van der Waals surface area contributed by atoms with Crippen LogP contribution >= 0.6 is 0 Å². The van der Waals surface area contributed by atoms with Crippen LogP contribution in [0.2, 0.25) is 0 Å². The van der Waals surface area contributed by atoms with Crippen LogP contribution in [0.1, 0.15) is 0 Å². The minimum absolute atomic E-state index is 0.847. The van der Waals surface area contributed by atoms with Crippen molar-refractivity contribution in [2.45, 2.75) is 0 Å². The quantitative estimate of drug-likeness (QED) is 0.416. The van der Waals surface area contributed by atoms with Gasteiger partial charge >= 0.3 is 0 Å². The lowest BCUT2D eigenvalue weighted by molar-refractivity contribution is 1.08. The monoisotopic (exact) mass is 347 g/mol. The van der Waals surface area contributed by atoms with Crippen LogP contribution in [0.5, 0.6) is 0 Å². The van der Waals surface area contributed by atoms with Crippen LogP contribution in [0.25, 0.3) is 39.4 Å². The number of para-hydroxylation sites is 3. The number of benzene rings is 3. The molecule has 0 fully saturated rings. The zero-order chi connectivity index (χ0) is 18.1. The Morgan fingerprint density at radius 1 is 0.630 bits per heavy atom. The van der Waals surface area contributed by atoms with E-state index in [0.717, 1.165) is 33.8 Å². The standard InChI is InChI=1S/C24H17N3/c1-3-9-18(10-4-1)19-15-16-25-22(17-19)24-26-21-13-7-8-14-23(21)27(24)20-11-5-2-6-12-20/h1-17H. The molecular formula is C24H17N3. The third-order valence-electron chi connectivity index (χ3n) is 4.67. The Hall–Kier alpha value is -3.72. The summed E-state index contributed by atoms with van der Waals surface area (Å²) in [5, 5.41) is 0. The average molecular weight is 347 g/mol. The van der Waals surface area contributed by atoms with Gasteiger partial charge in [0.15, 0.2) is 5.82 Å². The highest BCUT2D eigenvalue weighted by atomic mass is 15.1. The van der Waals surface area contributed by atoms with Gasteiger partial charge in [0.1, 0.15) is 5.69 Å². The molecule has 0 amide bonds. The highest BCUT2D eigenvalue weighted by molar-refractivity contribution is 5.83. The predicted octanol–water partition coefficient (Wildman–Crippen LogP) is 5.75. The molecule has 128 valence electrons. The van der Waals surface area contributed by atoms with E-state index in [1.165, 1.54) is 5.56 Å². The molecule has 0 aliphatic heterocycles. The molecule has 0 spiro atoms. The van der Waals surface area contributed by atoms with E-state index in [1.807, 2.05) is 54.7 Å². The molecule has 0 saturated heterocycles. The maximum Gasteiger partial charge on any atom is 0.164 e. The molecule has 5 rings (SSSR count). The summed E-state index contributed by atoms with van der Waals surface area (Å²) in [4.78, 5) is 9.53. The fraction of sp³-hybridized carbons (Fsp3) is 0. The number of fused-ring (bicyclic) bond motifs is 1. The van der Waals surface area contributed by atoms with Crippen molar-refractivity contribution < 1.29 is 0 Å². The summed E-state index contributed by atoms with van der Waals surface area (Å²) in [6, 6.07) is 33.0. The lowest BCUT2D eigenvalue weighted by atomic mass is 10.1. The van der Waals surface area contributed by atoms with Crippen LogP contribution in [-0.2, 0) is 0 Å². The first-order valence-corrected chi connectivity index (χ1v) is 8.95. The van der Waals surface area contributed by atoms with Gasteiger partial charge in [0.2, 0.25) is 0 Å². The molecule has 2 aromatic heterocycles. The lowest BCUT2D eigenvalue weighted by Crippen LogP contribution is -1.98. The van der Waals surface area contributed by atoms with E-state index in [4.69, 9.17) is 4.98 Å². The van der Waals surface area contributed by atoms with Crippen molar-refractivity contribution in [3.8, 4) is 28.3 Å². The predicted molar refractivity (Wildman–Crippen MR) is 110 cm³/mol. The maximum absolute atomic E-state index is 4.89. The van der Waals surface area contributed by atoms with E-state index >= 15 is 0 Å². The van der Waals surface area contributed by atoms with E-state index in [1.54, 1.807) is 0 Å². The SMILES string of the molecule is c1ccc(-c2ccnc(-c3nc4ccccc4n3-c3ccccc3)c2)cc1. The molecular weight excluding hydrogens is 330 g/mol. The van der Waals surface area contributed by atoms with Crippen molar-refractivity contribution in [3.05, 3.63) is 103 Å². The lowest BCUT2D eigenvalue weighted by Gasteiger charge is -2.10. The number of aromatic nitrogens is 3. The zero-order valence-corrected chi connectivity index (χ0v) is 14.7. The van der Waals surface area contributed by atoms with Gasteiger partial charge in [-0.15, -0.1) is 0 Å². The number of hydrogen-bond acceptors (Lipinski definition) is 2. The molecule has 5 aromatic rings. The smallest absolute Gasteiger partial charge is 0.164 e. The summed E-state index contributed by atoms with van der Waals surface area (Å²) < 4.78 is 2.17.